The molecule has 2 atom stereocenters. The van der Waals surface area contributed by atoms with E-state index in [2.05, 4.69) is 45.7 Å². The molecule has 0 heterocycles. The molecular formula is C8H16Br2. The van der Waals surface area contributed by atoms with Gasteiger partial charge in [-0.15, -0.1) is 0 Å². The zero-order chi connectivity index (χ0) is 7.98. The van der Waals surface area contributed by atoms with Crippen LogP contribution in [0.4, 0.5) is 0 Å². The van der Waals surface area contributed by atoms with Crippen molar-refractivity contribution >= 4 is 31.9 Å². The van der Waals surface area contributed by atoms with Crippen LogP contribution in [0, 0.1) is 5.92 Å². The van der Waals surface area contributed by atoms with E-state index in [1.807, 2.05) is 0 Å². The normalized spacial score (nSPS) is 16.8. The molecule has 10 heavy (non-hydrogen) atoms. The van der Waals surface area contributed by atoms with Gasteiger partial charge in [-0.05, 0) is 18.8 Å². The highest BCUT2D eigenvalue weighted by Gasteiger charge is 2.11. The van der Waals surface area contributed by atoms with Crippen molar-refractivity contribution in [2.75, 3.05) is 5.33 Å². The van der Waals surface area contributed by atoms with E-state index in [-0.39, 0.29) is 0 Å². The van der Waals surface area contributed by atoms with Crippen molar-refractivity contribution in [2.24, 2.45) is 5.92 Å². The van der Waals surface area contributed by atoms with Crippen molar-refractivity contribution in [2.45, 2.75) is 37.9 Å². The fourth-order valence-corrected chi connectivity index (χ4v) is 2.23. The van der Waals surface area contributed by atoms with Crippen LogP contribution in [0.1, 0.15) is 33.1 Å². The van der Waals surface area contributed by atoms with E-state index in [4.69, 9.17) is 0 Å². The molecule has 0 aromatic rings. The molecule has 0 bridgehead atoms. The summed E-state index contributed by atoms with van der Waals surface area (Å²) in [6.45, 7) is 4.49. The van der Waals surface area contributed by atoms with Crippen molar-refractivity contribution in [1.29, 1.82) is 0 Å². The molecule has 0 nitrogen and oxygen atoms in total. The van der Waals surface area contributed by atoms with Gasteiger partial charge in [0.2, 0.25) is 0 Å². The third-order valence-electron chi connectivity index (χ3n) is 1.79. The summed E-state index contributed by atoms with van der Waals surface area (Å²) in [7, 11) is 0. The van der Waals surface area contributed by atoms with E-state index in [0.717, 1.165) is 11.2 Å². The Morgan fingerprint density at radius 3 is 2.20 bits per heavy atom. The van der Waals surface area contributed by atoms with Crippen LogP contribution in [-0.2, 0) is 0 Å². The van der Waals surface area contributed by atoms with Gasteiger partial charge in [-0.1, -0.05) is 52.1 Å². The third-order valence-corrected chi connectivity index (χ3v) is 2.99. The Kier molecular flexibility index (Phi) is 7.30. The highest BCUT2D eigenvalue weighted by Crippen LogP contribution is 2.22. The number of hydrogen-bond donors (Lipinski definition) is 0. The maximum atomic E-state index is 3.62. The predicted octanol–water partition coefficient (Wildman–Crippen LogP) is 3.97. The molecule has 0 fully saturated rings. The summed E-state index contributed by atoms with van der Waals surface area (Å²) in [6, 6.07) is 0. The fraction of sp³-hybridized carbons (Fsp3) is 1.00. The Labute approximate surface area is 81.0 Å². The predicted molar refractivity (Wildman–Crippen MR) is 55.2 cm³/mol. The highest BCUT2D eigenvalue weighted by molar-refractivity contribution is 9.09. The maximum Gasteiger partial charge on any atom is 0.0146 e. The molecule has 0 aromatic heterocycles. The minimum atomic E-state index is 0.671. The van der Waals surface area contributed by atoms with Crippen LogP contribution in [-0.4, -0.2) is 10.2 Å². The molecule has 2 unspecified atom stereocenters. The van der Waals surface area contributed by atoms with Gasteiger partial charge in [-0.3, -0.25) is 0 Å². The summed E-state index contributed by atoms with van der Waals surface area (Å²) < 4.78 is 0. The summed E-state index contributed by atoms with van der Waals surface area (Å²) in [5.41, 5.74) is 0. The molecule has 0 aliphatic heterocycles. The van der Waals surface area contributed by atoms with Gasteiger partial charge < -0.3 is 0 Å². The highest BCUT2D eigenvalue weighted by atomic mass is 79.9. The zero-order valence-electron chi connectivity index (χ0n) is 6.74. The lowest BCUT2D eigenvalue weighted by Gasteiger charge is -2.16. The van der Waals surface area contributed by atoms with Crippen LogP contribution in [0.25, 0.3) is 0 Å². The average Bonchev–Trinajstić information content (AvgIpc) is 1.87. The molecule has 62 valence electrons. The molecule has 0 aliphatic carbocycles. The molecule has 0 amide bonds. The molecule has 0 spiro atoms. The lowest BCUT2D eigenvalue weighted by Crippen LogP contribution is -2.10. The average molecular weight is 272 g/mol. The fourth-order valence-electron chi connectivity index (χ4n) is 1.11. The largest absolute Gasteiger partial charge is 0.0928 e. The van der Waals surface area contributed by atoms with E-state index in [9.17, 15) is 0 Å². The smallest absolute Gasteiger partial charge is 0.0146 e. The standard InChI is InChI=1S/C8H16Br2/c1-3-4-8(5-6-9)7(2)10/h7-8H,3-6H2,1-2H3. The molecule has 0 rings (SSSR count). The van der Waals surface area contributed by atoms with E-state index in [1.54, 1.807) is 0 Å². The first-order chi connectivity index (χ1) is 4.72. The van der Waals surface area contributed by atoms with E-state index in [1.165, 1.54) is 19.3 Å². The van der Waals surface area contributed by atoms with Crippen LogP contribution in [0.2, 0.25) is 0 Å². The molecular weight excluding hydrogens is 256 g/mol. The maximum absolute atomic E-state index is 3.62. The van der Waals surface area contributed by atoms with Gasteiger partial charge in [-0.25, -0.2) is 0 Å². The minimum Gasteiger partial charge on any atom is -0.0928 e. The zero-order valence-corrected chi connectivity index (χ0v) is 9.91. The third kappa shape index (κ3) is 4.73. The summed E-state index contributed by atoms with van der Waals surface area (Å²) in [6.07, 6.45) is 3.94. The second kappa shape index (κ2) is 6.66. The second-order valence-electron chi connectivity index (χ2n) is 2.70. The Morgan fingerprint density at radius 1 is 1.30 bits per heavy atom. The first-order valence-electron chi connectivity index (χ1n) is 3.92. The first kappa shape index (κ1) is 11.0. The van der Waals surface area contributed by atoms with Gasteiger partial charge in [0.05, 0.1) is 0 Å². The Balaban J connectivity index is 3.50. The Morgan fingerprint density at radius 2 is 1.90 bits per heavy atom. The molecule has 0 aromatic carbocycles. The SMILES string of the molecule is CCCC(CCBr)C(C)Br. The van der Waals surface area contributed by atoms with Crippen LogP contribution in [0.15, 0.2) is 0 Å². The van der Waals surface area contributed by atoms with Crippen molar-refractivity contribution < 1.29 is 0 Å². The molecule has 0 radical (unpaired) electrons. The van der Waals surface area contributed by atoms with Gasteiger partial charge >= 0.3 is 0 Å². The summed E-state index contributed by atoms with van der Waals surface area (Å²) in [4.78, 5) is 0.671. The monoisotopic (exact) mass is 270 g/mol. The molecule has 2 heteroatoms. The summed E-state index contributed by atoms with van der Waals surface area (Å²) >= 11 is 7.09. The van der Waals surface area contributed by atoms with Gasteiger partial charge in [0.15, 0.2) is 0 Å². The number of alkyl halides is 2. The van der Waals surface area contributed by atoms with Crippen LogP contribution in [0.3, 0.4) is 0 Å². The van der Waals surface area contributed by atoms with Crippen molar-refractivity contribution in [3.63, 3.8) is 0 Å². The summed E-state index contributed by atoms with van der Waals surface area (Å²) in [5.74, 6) is 0.851. The Bertz CT molecular complexity index is 65.7. The Hall–Kier alpha value is 0.960. The van der Waals surface area contributed by atoms with Crippen molar-refractivity contribution in [3.05, 3.63) is 0 Å². The summed E-state index contributed by atoms with van der Waals surface area (Å²) in [5, 5.41) is 1.13. The van der Waals surface area contributed by atoms with E-state index < -0.39 is 0 Å². The quantitative estimate of drug-likeness (QED) is 0.664. The van der Waals surface area contributed by atoms with Crippen molar-refractivity contribution in [1.82, 2.24) is 0 Å². The van der Waals surface area contributed by atoms with E-state index in [0.29, 0.717) is 4.83 Å². The van der Waals surface area contributed by atoms with Gasteiger partial charge in [0.1, 0.15) is 0 Å². The van der Waals surface area contributed by atoms with Gasteiger partial charge in [0, 0.05) is 10.2 Å². The van der Waals surface area contributed by atoms with Crippen LogP contribution >= 0.6 is 31.9 Å². The van der Waals surface area contributed by atoms with Crippen LogP contribution < -0.4 is 0 Å². The first-order valence-corrected chi connectivity index (χ1v) is 5.96. The number of hydrogen-bond acceptors (Lipinski definition) is 0. The second-order valence-corrected chi connectivity index (χ2v) is 4.94. The lowest BCUT2D eigenvalue weighted by atomic mass is 9.98. The van der Waals surface area contributed by atoms with Gasteiger partial charge in [-0.2, -0.15) is 0 Å². The minimum absolute atomic E-state index is 0.671. The van der Waals surface area contributed by atoms with E-state index >= 15 is 0 Å². The van der Waals surface area contributed by atoms with Crippen molar-refractivity contribution in [3.8, 4) is 0 Å². The lowest BCUT2D eigenvalue weighted by molar-refractivity contribution is 0.470. The van der Waals surface area contributed by atoms with Crippen LogP contribution in [0.5, 0.6) is 0 Å². The topological polar surface area (TPSA) is 0 Å². The number of halogens is 2. The molecule has 0 saturated carbocycles. The molecule has 0 aliphatic rings. The molecule has 0 N–H and O–H groups in total. The number of rotatable bonds is 5. The molecule has 0 saturated heterocycles. The van der Waals surface area contributed by atoms with Gasteiger partial charge in [0.25, 0.3) is 0 Å².